The summed E-state index contributed by atoms with van der Waals surface area (Å²) in [6.45, 7) is 4.00. The molecular formula is C13H15BrN2OS. The van der Waals surface area contributed by atoms with Crippen molar-refractivity contribution in [2.45, 2.75) is 19.1 Å². The van der Waals surface area contributed by atoms with Crippen molar-refractivity contribution < 1.29 is 4.74 Å². The van der Waals surface area contributed by atoms with Crippen LogP contribution in [0.3, 0.4) is 0 Å². The summed E-state index contributed by atoms with van der Waals surface area (Å²) in [5, 5.41) is 3.40. The summed E-state index contributed by atoms with van der Waals surface area (Å²) in [6, 6.07) is 8.33. The lowest BCUT2D eigenvalue weighted by atomic mass is 10.2. The minimum atomic E-state index is 0.259. The van der Waals surface area contributed by atoms with Crippen molar-refractivity contribution in [3.8, 4) is 0 Å². The number of anilines is 1. The predicted molar refractivity (Wildman–Crippen MR) is 80.0 cm³/mol. The highest BCUT2D eigenvalue weighted by Crippen LogP contribution is 2.33. The van der Waals surface area contributed by atoms with E-state index in [1.165, 1.54) is 10.4 Å². The predicted octanol–water partition coefficient (Wildman–Crippen LogP) is 3.28. The van der Waals surface area contributed by atoms with Gasteiger partial charge in [-0.25, -0.2) is 0 Å². The highest BCUT2D eigenvalue weighted by atomic mass is 79.9. The topological polar surface area (TPSA) is 25.4 Å². The molecule has 0 saturated carbocycles. The zero-order valence-electron chi connectivity index (χ0n) is 10.2. The molecule has 3 nitrogen and oxygen atoms in total. The molecule has 0 radical (unpaired) electrons. The number of aromatic nitrogens is 1. The van der Waals surface area contributed by atoms with Crippen molar-refractivity contribution in [2.24, 2.45) is 0 Å². The van der Waals surface area contributed by atoms with Crippen molar-refractivity contribution in [1.82, 2.24) is 4.37 Å². The zero-order chi connectivity index (χ0) is 12.5. The number of fused-ring (bicyclic) bond motifs is 1. The molecule has 0 bridgehead atoms. The number of benzene rings is 1. The number of hydrogen-bond acceptors (Lipinski definition) is 4. The lowest BCUT2D eigenvalue weighted by Crippen LogP contribution is -2.47. The maximum atomic E-state index is 5.87. The summed E-state index contributed by atoms with van der Waals surface area (Å²) in [7, 11) is 0. The Labute approximate surface area is 119 Å². The number of hydrogen-bond donors (Lipinski definition) is 0. The fourth-order valence-corrected chi connectivity index (χ4v) is 3.64. The number of halogens is 1. The van der Waals surface area contributed by atoms with Gasteiger partial charge in [-0.15, -0.1) is 0 Å². The molecule has 1 aliphatic heterocycles. The Bertz CT molecular complexity index is 545. The smallest absolute Gasteiger partial charge is 0.120 e. The van der Waals surface area contributed by atoms with Crippen LogP contribution in [0.5, 0.6) is 0 Å². The lowest BCUT2D eigenvalue weighted by Gasteiger charge is -2.36. The van der Waals surface area contributed by atoms with Crippen LogP contribution >= 0.6 is 27.5 Å². The van der Waals surface area contributed by atoms with Crippen LogP contribution in [0.4, 0.5) is 5.00 Å². The number of nitrogens with zero attached hydrogens (tertiary/aromatic N) is 2. The molecule has 0 amide bonds. The summed E-state index contributed by atoms with van der Waals surface area (Å²) >= 11 is 5.10. The average molecular weight is 327 g/mol. The third-order valence-electron chi connectivity index (χ3n) is 3.15. The van der Waals surface area contributed by atoms with Gasteiger partial charge in [0.25, 0.3) is 0 Å². The van der Waals surface area contributed by atoms with E-state index in [1.807, 2.05) is 6.07 Å². The number of alkyl halides is 1. The minimum Gasteiger partial charge on any atom is -0.371 e. The van der Waals surface area contributed by atoms with Crippen molar-refractivity contribution in [1.29, 1.82) is 0 Å². The van der Waals surface area contributed by atoms with Crippen LogP contribution in [-0.4, -0.2) is 35.0 Å². The monoisotopic (exact) mass is 326 g/mol. The summed E-state index contributed by atoms with van der Waals surface area (Å²) < 4.78 is 10.4. The molecule has 0 spiro atoms. The molecule has 0 aliphatic carbocycles. The van der Waals surface area contributed by atoms with E-state index in [1.54, 1.807) is 11.5 Å². The molecule has 1 aromatic heterocycles. The Morgan fingerprint density at radius 1 is 1.44 bits per heavy atom. The Balaban J connectivity index is 1.93. The Morgan fingerprint density at radius 3 is 3.11 bits per heavy atom. The van der Waals surface area contributed by atoms with Gasteiger partial charge in [0.1, 0.15) is 5.00 Å². The molecule has 18 heavy (non-hydrogen) atoms. The first-order chi connectivity index (χ1) is 8.78. The van der Waals surface area contributed by atoms with E-state index in [2.05, 4.69) is 50.3 Å². The third kappa shape index (κ3) is 2.27. The van der Waals surface area contributed by atoms with E-state index in [9.17, 15) is 0 Å². The molecule has 1 aliphatic rings. The fraction of sp³-hybridized carbons (Fsp3) is 0.462. The van der Waals surface area contributed by atoms with Crippen LogP contribution in [0.2, 0.25) is 0 Å². The Hall–Kier alpha value is -0.650. The van der Waals surface area contributed by atoms with E-state index < -0.39 is 0 Å². The second kappa shape index (κ2) is 5.15. The van der Waals surface area contributed by atoms with E-state index in [0.717, 1.165) is 23.9 Å². The van der Waals surface area contributed by atoms with E-state index in [-0.39, 0.29) is 12.2 Å². The van der Waals surface area contributed by atoms with E-state index in [0.29, 0.717) is 0 Å². The van der Waals surface area contributed by atoms with Crippen LogP contribution in [-0.2, 0) is 4.74 Å². The van der Waals surface area contributed by atoms with E-state index in [4.69, 9.17) is 4.74 Å². The second-order valence-electron chi connectivity index (χ2n) is 4.63. The van der Waals surface area contributed by atoms with E-state index >= 15 is 0 Å². The first kappa shape index (κ1) is 12.4. The van der Waals surface area contributed by atoms with Crippen molar-refractivity contribution in [3.63, 3.8) is 0 Å². The molecule has 0 N–H and O–H groups in total. The SMILES string of the molecule is CC1CN(c2snc3ccccc23)CC(CBr)O1. The van der Waals surface area contributed by atoms with Crippen LogP contribution < -0.4 is 4.90 Å². The van der Waals surface area contributed by atoms with Crippen LogP contribution in [0.15, 0.2) is 24.3 Å². The van der Waals surface area contributed by atoms with Gasteiger partial charge in [-0.05, 0) is 30.6 Å². The summed E-state index contributed by atoms with van der Waals surface area (Å²) in [5.74, 6) is 0. The molecular weight excluding hydrogens is 312 g/mol. The highest BCUT2D eigenvalue weighted by Gasteiger charge is 2.26. The number of ether oxygens (including phenoxy) is 1. The quantitative estimate of drug-likeness (QED) is 0.792. The van der Waals surface area contributed by atoms with Crippen LogP contribution in [0, 0.1) is 0 Å². The largest absolute Gasteiger partial charge is 0.371 e. The normalized spacial score (nSPS) is 24.7. The van der Waals surface area contributed by atoms with Gasteiger partial charge in [-0.1, -0.05) is 28.1 Å². The number of rotatable bonds is 2. The molecule has 1 aromatic carbocycles. The van der Waals surface area contributed by atoms with Gasteiger partial charge in [0, 0.05) is 23.8 Å². The Kier molecular flexibility index (Phi) is 3.54. The number of morpholine rings is 1. The van der Waals surface area contributed by atoms with Crippen molar-refractivity contribution in [3.05, 3.63) is 24.3 Å². The molecule has 2 aromatic rings. The highest BCUT2D eigenvalue weighted by molar-refractivity contribution is 9.09. The lowest BCUT2D eigenvalue weighted by molar-refractivity contribution is -0.00170. The molecule has 2 unspecified atom stereocenters. The van der Waals surface area contributed by atoms with Gasteiger partial charge < -0.3 is 9.64 Å². The standard InChI is InChI=1S/C13H15BrN2OS/c1-9-7-16(8-10(6-14)17-9)13-11-4-2-3-5-12(11)15-18-13/h2-5,9-10H,6-8H2,1H3. The van der Waals surface area contributed by atoms with Crippen molar-refractivity contribution >= 4 is 43.4 Å². The average Bonchev–Trinajstić information content (AvgIpc) is 2.81. The fourth-order valence-electron chi connectivity index (χ4n) is 2.40. The van der Waals surface area contributed by atoms with Gasteiger partial charge in [-0.2, -0.15) is 4.37 Å². The molecule has 2 heterocycles. The summed E-state index contributed by atoms with van der Waals surface area (Å²) in [4.78, 5) is 2.40. The second-order valence-corrected chi connectivity index (χ2v) is 6.03. The van der Waals surface area contributed by atoms with Crippen molar-refractivity contribution in [2.75, 3.05) is 23.3 Å². The molecule has 1 saturated heterocycles. The first-order valence-corrected chi connectivity index (χ1v) is 7.98. The molecule has 5 heteroatoms. The minimum absolute atomic E-state index is 0.259. The van der Waals surface area contributed by atoms with Gasteiger partial charge >= 0.3 is 0 Å². The molecule has 2 atom stereocenters. The molecule has 96 valence electrons. The molecule has 1 fully saturated rings. The third-order valence-corrected chi connectivity index (χ3v) is 4.81. The van der Waals surface area contributed by atoms with Crippen LogP contribution in [0.25, 0.3) is 10.9 Å². The maximum Gasteiger partial charge on any atom is 0.120 e. The summed E-state index contributed by atoms with van der Waals surface area (Å²) in [6.07, 6.45) is 0.525. The molecule has 3 rings (SSSR count). The zero-order valence-corrected chi connectivity index (χ0v) is 12.6. The van der Waals surface area contributed by atoms with Gasteiger partial charge in [0.15, 0.2) is 0 Å². The summed E-state index contributed by atoms with van der Waals surface area (Å²) in [5.41, 5.74) is 1.09. The maximum absolute atomic E-state index is 5.87. The van der Waals surface area contributed by atoms with Gasteiger partial charge in [0.2, 0.25) is 0 Å². The Morgan fingerprint density at radius 2 is 2.28 bits per heavy atom. The first-order valence-electron chi connectivity index (χ1n) is 6.08. The van der Waals surface area contributed by atoms with Gasteiger partial charge in [0.05, 0.1) is 17.7 Å². The van der Waals surface area contributed by atoms with Gasteiger partial charge in [-0.3, -0.25) is 0 Å². The van der Waals surface area contributed by atoms with Crippen LogP contribution in [0.1, 0.15) is 6.92 Å².